The Morgan fingerprint density at radius 1 is 1.12 bits per heavy atom. The summed E-state index contributed by atoms with van der Waals surface area (Å²) in [6.45, 7) is 4.72. The van der Waals surface area contributed by atoms with Crippen molar-refractivity contribution in [1.29, 1.82) is 0 Å². The van der Waals surface area contributed by atoms with E-state index in [1.54, 1.807) is 0 Å². The van der Waals surface area contributed by atoms with Crippen LogP contribution in [0.4, 0.5) is 8.78 Å². The molecule has 0 amide bonds. The normalized spacial score (nSPS) is 12.2. The molecule has 0 bridgehead atoms. The van der Waals surface area contributed by atoms with Gasteiger partial charge in [0.1, 0.15) is 11.6 Å². The molecule has 2 aromatic rings. The molecule has 24 heavy (non-hydrogen) atoms. The molecule has 6 heteroatoms. The number of hydrogen-bond acceptors (Lipinski definition) is 1. The van der Waals surface area contributed by atoms with Crippen molar-refractivity contribution in [3.8, 4) is 0 Å². The molecule has 2 aromatic carbocycles. The molecule has 0 saturated heterocycles. The topological polar surface area (TPSA) is 36.4 Å². The first kappa shape index (κ1) is 20.3. The number of halogens is 3. The number of hydrogen-bond donors (Lipinski definition) is 2. The summed E-state index contributed by atoms with van der Waals surface area (Å²) in [5.41, 5.74) is 1.35. The van der Waals surface area contributed by atoms with Gasteiger partial charge in [0, 0.05) is 12.1 Å². The van der Waals surface area contributed by atoms with Crippen molar-refractivity contribution in [1.82, 2.24) is 10.6 Å². The van der Waals surface area contributed by atoms with E-state index in [-0.39, 0.29) is 42.1 Å². The summed E-state index contributed by atoms with van der Waals surface area (Å²) in [5, 5.41) is 6.37. The van der Waals surface area contributed by atoms with E-state index in [0.29, 0.717) is 12.5 Å². The van der Waals surface area contributed by atoms with Crippen LogP contribution in [0.2, 0.25) is 0 Å². The van der Waals surface area contributed by atoms with Crippen LogP contribution in [0.5, 0.6) is 0 Å². The van der Waals surface area contributed by atoms with Gasteiger partial charge in [-0.05, 0) is 37.6 Å². The Bertz CT molecular complexity index is 663. The zero-order valence-electron chi connectivity index (χ0n) is 13.7. The van der Waals surface area contributed by atoms with Crippen LogP contribution in [0.15, 0.2) is 53.5 Å². The number of rotatable bonds is 5. The van der Waals surface area contributed by atoms with Crippen LogP contribution in [0, 0.1) is 11.6 Å². The average Bonchev–Trinajstić information content (AvgIpc) is 2.56. The van der Waals surface area contributed by atoms with Crippen molar-refractivity contribution in [2.45, 2.75) is 26.4 Å². The average molecular weight is 445 g/mol. The third-order valence-electron chi connectivity index (χ3n) is 3.41. The number of nitrogens with one attached hydrogen (secondary N) is 2. The van der Waals surface area contributed by atoms with E-state index in [1.807, 2.05) is 44.2 Å². The van der Waals surface area contributed by atoms with Crippen LogP contribution < -0.4 is 10.6 Å². The van der Waals surface area contributed by atoms with Crippen molar-refractivity contribution in [2.24, 2.45) is 4.99 Å². The molecule has 0 radical (unpaired) electrons. The minimum Gasteiger partial charge on any atom is -0.357 e. The Hall–Kier alpha value is -1.70. The van der Waals surface area contributed by atoms with Crippen molar-refractivity contribution >= 4 is 29.9 Å². The predicted octanol–water partition coefficient (Wildman–Crippen LogP) is 4.40. The first-order valence-electron chi connectivity index (χ1n) is 7.64. The molecule has 130 valence electrons. The Balaban J connectivity index is 0.00000288. The van der Waals surface area contributed by atoms with E-state index in [1.165, 1.54) is 6.07 Å². The molecule has 0 aliphatic heterocycles. The Morgan fingerprint density at radius 3 is 2.50 bits per heavy atom. The van der Waals surface area contributed by atoms with Gasteiger partial charge in [0.15, 0.2) is 5.96 Å². The molecule has 0 aliphatic rings. The lowest BCUT2D eigenvalue weighted by molar-refractivity contribution is 0.585. The molecule has 0 spiro atoms. The minimum atomic E-state index is -0.466. The van der Waals surface area contributed by atoms with Crippen LogP contribution in [0.3, 0.4) is 0 Å². The van der Waals surface area contributed by atoms with Gasteiger partial charge >= 0.3 is 0 Å². The van der Waals surface area contributed by atoms with Crippen LogP contribution in [0.25, 0.3) is 0 Å². The second-order valence-electron chi connectivity index (χ2n) is 5.21. The molecule has 0 aromatic heterocycles. The second-order valence-corrected chi connectivity index (χ2v) is 5.21. The lowest BCUT2D eigenvalue weighted by Gasteiger charge is -2.18. The monoisotopic (exact) mass is 445 g/mol. The Kier molecular flexibility index (Phi) is 8.67. The maximum Gasteiger partial charge on any atom is 0.192 e. The van der Waals surface area contributed by atoms with Crippen molar-refractivity contribution < 1.29 is 8.78 Å². The molecular weight excluding hydrogens is 423 g/mol. The highest BCUT2D eigenvalue weighted by Gasteiger charge is 2.08. The maximum absolute atomic E-state index is 13.7. The molecule has 1 atom stereocenters. The van der Waals surface area contributed by atoms with Crippen LogP contribution in [-0.2, 0) is 6.54 Å². The molecular formula is C18H22F2IN3. The van der Waals surface area contributed by atoms with Crippen LogP contribution in [-0.4, -0.2) is 12.5 Å². The van der Waals surface area contributed by atoms with E-state index in [4.69, 9.17) is 0 Å². The van der Waals surface area contributed by atoms with Crippen molar-refractivity contribution in [2.75, 3.05) is 6.54 Å². The third kappa shape index (κ3) is 6.07. The summed E-state index contributed by atoms with van der Waals surface area (Å²) in [5.74, 6) is -0.359. The summed E-state index contributed by atoms with van der Waals surface area (Å²) < 4.78 is 26.9. The van der Waals surface area contributed by atoms with Crippen LogP contribution >= 0.6 is 24.0 Å². The second kappa shape index (κ2) is 10.2. The zero-order chi connectivity index (χ0) is 16.7. The van der Waals surface area contributed by atoms with E-state index in [2.05, 4.69) is 15.6 Å². The quantitative estimate of drug-likeness (QED) is 0.407. The number of aliphatic imine (C=N–C) groups is 1. The van der Waals surface area contributed by atoms with E-state index in [9.17, 15) is 8.78 Å². The third-order valence-corrected chi connectivity index (χ3v) is 3.41. The number of benzene rings is 2. The van der Waals surface area contributed by atoms with Gasteiger partial charge in [-0.15, -0.1) is 24.0 Å². The predicted molar refractivity (Wildman–Crippen MR) is 105 cm³/mol. The molecule has 2 rings (SSSR count). The highest BCUT2D eigenvalue weighted by molar-refractivity contribution is 14.0. The highest BCUT2D eigenvalue weighted by atomic mass is 127. The molecule has 3 nitrogen and oxygen atoms in total. The molecule has 0 aliphatic carbocycles. The fourth-order valence-electron chi connectivity index (χ4n) is 2.18. The first-order valence-corrected chi connectivity index (χ1v) is 7.64. The zero-order valence-corrected chi connectivity index (χ0v) is 16.1. The van der Waals surface area contributed by atoms with Crippen molar-refractivity contribution in [3.05, 3.63) is 71.3 Å². The van der Waals surface area contributed by atoms with Gasteiger partial charge in [0.25, 0.3) is 0 Å². The molecule has 0 saturated carbocycles. The molecule has 0 heterocycles. The van der Waals surface area contributed by atoms with Crippen LogP contribution in [0.1, 0.15) is 31.0 Å². The Morgan fingerprint density at radius 2 is 1.83 bits per heavy atom. The maximum atomic E-state index is 13.7. The fraction of sp³-hybridized carbons (Fsp3) is 0.278. The summed E-state index contributed by atoms with van der Waals surface area (Å²) in [6, 6.07) is 13.4. The largest absolute Gasteiger partial charge is 0.357 e. The van der Waals surface area contributed by atoms with Gasteiger partial charge < -0.3 is 10.6 Å². The van der Waals surface area contributed by atoms with Gasteiger partial charge in [-0.1, -0.05) is 30.3 Å². The Labute approximate surface area is 158 Å². The summed E-state index contributed by atoms with van der Waals surface area (Å²) in [7, 11) is 0. The van der Waals surface area contributed by atoms with Gasteiger partial charge in [0.2, 0.25) is 0 Å². The molecule has 1 unspecified atom stereocenters. The molecule has 0 fully saturated rings. The highest BCUT2D eigenvalue weighted by Crippen LogP contribution is 2.12. The lowest BCUT2D eigenvalue weighted by atomic mass is 10.1. The minimum absolute atomic E-state index is 0. The van der Waals surface area contributed by atoms with Gasteiger partial charge in [0.05, 0.1) is 12.6 Å². The lowest BCUT2D eigenvalue weighted by Crippen LogP contribution is -2.38. The summed E-state index contributed by atoms with van der Waals surface area (Å²) in [6.07, 6.45) is 0. The molecule has 2 N–H and O–H groups in total. The van der Waals surface area contributed by atoms with E-state index in [0.717, 1.165) is 17.7 Å². The van der Waals surface area contributed by atoms with Gasteiger partial charge in [-0.25, -0.2) is 13.8 Å². The summed E-state index contributed by atoms with van der Waals surface area (Å²) >= 11 is 0. The van der Waals surface area contributed by atoms with E-state index >= 15 is 0 Å². The van der Waals surface area contributed by atoms with Gasteiger partial charge in [-0.3, -0.25) is 0 Å². The standard InChI is InChI=1S/C18H21F2N3.HI/c1-3-21-18(23-13(2)14-7-5-4-6-8-14)22-12-15-11-16(19)9-10-17(15)20;/h4-11,13H,3,12H2,1-2H3,(H2,21,22,23);1H. The summed E-state index contributed by atoms with van der Waals surface area (Å²) in [4.78, 5) is 4.34. The fourth-order valence-corrected chi connectivity index (χ4v) is 2.18. The van der Waals surface area contributed by atoms with E-state index < -0.39 is 11.6 Å². The van der Waals surface area contributed by atoms with Crippen molar-refractivity contribution in [3.63, 3.8) is 0 Å². The SMILES string of the molecule is CCNC(=NCc1cc(F)ccc1F)NC(C)c1ccccc1.I. The number of guanidine groups is 1. The first-order chi connectivity index (χ1) is 11.1. The smallest absolute Gasteiger partial charge is 0.192 e. The number of nitrogens with zero attached hydrogens (tertiary/aromatic N) is 1. The van der Waals surface area contributed by atoms with Gasteiger partial charge in [-0.2, -0.15) is 0 Å².